The Morgan fingerprint density at radius 3 is 0.616 bits per heavy atom. The van der Waals surface area contributed by atoms with Crippen molar-refractivity contribution in [2.75, 3.05) is 9.80 Å². The van der Waals surface area contributed by atoms with Crippen LogP contribution in [-0.2, 0) is 19.4 Å². The van der Waals surface area contributed by atoms with Crippen molar-refractivity contribution in [1.29, 1.82) is 0 Å². The van der Waals surface area contributed by atoms with Crippen LogP contribution in [0.15, 0.2) is 267 Å². The van der Waals surface area contributed by atoms with Gasteiger partial charge < -0.3 is 14.4 Å². The third kappa shape index (κ3) is 9.54. The quantitative estimate of drug-likeness (QED) is 0.101. The molecule has 0 bridgehead atoms. The lowest BCUT2D eigenvalue weighted by molar-refractivity contribution is 0.780. The zero-order chi connectivity index (χ0) is 49.5. The SMILES string of the molecule is CCc1c(CC)c(-c2ccc(N(c3ccc(-c4ccccc4)cc3)c3ccc(-c4ccccc4)cc3)cc2)n(CC)c1-c1ccc(N(c2ccc(-c3ccccc3)cc2)c2ccc(-c3ccccc3)cc2)cc1. The third-order valence-corrected chi connectivity index (χ3v) is 14.2. The van der Waals surface area contributed by atoms with Gasteiger partial charge in [0.05, 0.1) is 11.4 Å². The summed E-state index contributed by atoms with van der Waals surface area (Å²) in [6.45, 7) is 7.75. The molecule has 0 saturated carbocycles. The first-order valence-electron chi connectivity index (χ1n) is 25.8. The second-order valence-electron chi connectivity index (χ2n) is 18.5. The molecule has 0 spiro atoms. The molecule has 0 aliphatic rings. The van der Waals surface area contributed by atoms with Gasteiger partial charge in [-0.25, -0.2) is 0 Å². The van der Waals surface area contributed by atoms with E-state index in [4.69, 9.17) is 0 Å². The molecule has 0 saturated heterocycles. The van der Waals surface area contributed by atoms with E-state index < -0.39 is 0 Å². The molecule has 1 aromatic heterocycles. The van der Waals surface area contributed by atoms with Crippen molar-refractivity contribution in [3.05, 3.63) is 278 Å². The smallest absolute Gasteiger partial charge is 0.0520 e. The Morgan fingerprint density at radius 1 is 0.233 bits per heavy atom. The fraction of sp³-hybridized carbons (Fsp3) is 0.0857. The molecule has 73 heavy (non-hydrogen) atoms. The minimum absolute atomic E-state index is 0.850. The predicted molar refractivity (Wildman–Crippen MR) is 311 cm³/mol. The number of rotatable bonds is 15. The van der Waals surface area contributed by atoms with E-state index in [-0.39, 0.29) is 0 Å². The molecule has 0 N–H and O–H groups in total. The fourth-order valence-electron chi connectivity index (χ4n) is 10.6. The highest BCUT2D eigenvalue weighted by Crippen LogP contribution is 2.43. The van der Waals surface area contributed by atoms with Crippen molar-refractivity contribution in [1.82, 2.24) is 4.57 Å². The summed E-state index contributed by atoms with van der Waals surface area (Å²) in [6, 6.07) is 96.7. The van der Waals surface area contributed by atoms with Gasteiger partial charge in [-0.15, -0.1) is 0 Å². The molecule has 10 aromatic carbocycles. The van der Waals surface area contributed by atoms with E-state index in [0.717, 1.165) is 53.5 Å². The molecule has 11 rings (SSSR count). The molecule has 0 amide bonds. The van der Waals surface area contributed by atoms with Crippen LogP contribution in [0.1, 0.15) is 31.9 Å². The van der Waals surface area contributed by atoms with Crippen LogP contribution in [0.4, 0.5) is 34.1 Å². The van der Waals surface area contributed by atoms with Crippen molar-refractivity contribution < 1.29 is 0 Å². The Balaban J connectivity index is 0.947. The normalized spacial score (nSPS) is 11.1. The van der Waals surface area contributed by atoms with Crippen molar-refractivity contribution >= 4 is 34.1 Å². The summed E-state index contributed by atoms with van der Waals surface area (Å²) < 4.78 is 2.56. The lowest BCUT2D eigenvalue weighted by Gasteiger charge is -2.26. The van der Waals surface area contributed by atoms with Crippen LogP contribution < -0.4 is 9.80 Å². The van der Waals surface area contributed by atoms with Gasteiger partial charge in [-0.2, -0.15) is 0 Å². The second kappa shape index (κ2) is 21.2. The lowest BCUT2D eigenvalue weighted by atomic mass is 9.97. The van der Waals surface area contributed by atoms with Crippen LogP contribution in [0.3, 0.4) is 0 Å². The third-order valence-electron chi connectivity index (χ3n) is 14.2. The van der Waals surface area contributed by atoms with Gasteiger partial charge in [0.2, 0.25) is 0 Å². The molecule has 0 atom stereocenters. The Labute approximate surface area is 431 Å². The van der Waals surface area contributed by atoms with E-state index in [1.165, 1.54) is 78.1 Å². The summed E-state index contributed by atoms with van der Waals surface area (Å²) in [4.78, 5) is 4.74. The van der Waals surface area contributed by atoms with Crippen molar-refractivity contribution in [3.63, 3.8) is 0 Å². The van der Waals surface area contributed by atoms with Gasteiger partial charge in [-0.05, 0) is 159 Å². The van der Waals surface area contributed by atoms with E-state index in [2.05, 4.69) is 302 Å². The maximum Gasteiger partial charge on any atom is 0.0520 e. The first kappa shape index (κ1) is 46.5. The van der Waals surface area contributed by atoms with E-state index in [1.807, 2.05) is 0 Å². The summed E-state index contributed by atoms with van der Waals surface area (Å²) in [5, 5.41) is 0. The van der Waals surface area contributed by atoms with Crippen LogP contribution in [-0.4, -0.2) is 4.57 Å². The standard InChI is InChI=1S/C70H59N3/c1-4-67-68(5-2)70(60-37-49-66(50-38-60)73(63-43-31-57(32-44-63)53-23-15-9-16-24-53)64-45-33-58(34-46-64)54-25-17-10-18-26-54)71(6-3)69(67)59-35-47-65(48-36-59)72(61-39-27-55(28-40-61)51-19-11-7-12-20-51)62-41-29-56(30-42-62)52-21-13-8-14-22-52/h7-50H,4-6H2,1-3H3. The highest BCUT2D eigenvalue weighted by Gasteiger charge is 2.24. The summed E-state index contributed by atoms with van der Waals surface area (Å²) in [5.74, 6) is 0. The topological polar surface area (TPSA) is 11.4 Å². The first-order valence-corrected chi connectivity index (χ1v) is 25.8. The van der Waals surface area contributed by atoms with Crippen LogP contribution in [0.5, 0.6) is 0 Å². The molecular formula is C70H59N3. The molecule has 11 aromatic rings. The van der Waals surface area contributed by atoms with E-state index in [1.54, 1.807) is 0 Å². The minimum atomic E-state index is 0.850. The number of anilines is 6. The van der Waals surface area contributed by atoms with Crippen molar-refractivity contribution in [2.45, 2.75) is 40.2 Å². The minimum Gasteiger partial charge on any atom is -0.340 e. The van der Waals surface area contributed by atoms with Crippen LogP contribution in [0.25, 0.3) is 67.0 Å². The first-order chi connectivity index (χ1) is 36.1. The van der Waals surface area contributed by atoms with Gasteiger partial charge in [-0.1, -0.05) is 208 Å². The van der Waals surface area contributed by atoms with Gasteiger partial charge in [0.25, 0.3) is 0 Å². The summed E-state index contributed by atoms with van der Waals surface area (Å²) in [7, 11) is 0. The largest absolute Gasteiger partial charge is 0.340 e. The van der Waals surface area contributed by atoms with E-state index >= 15 is 0 Å². The molecular weight excluding hydrogens is 883 g/mol. The van der Waals surface area contributed by atoms with E-state index in [0.29, 0.717) is 0 Å². The van der Waals surface area contributed by atoms with Gasteiger partial charge in [-0.3, -0.25) is 0 Å². The highest BCUT2D eigenvalue weighted by molar-refractivity contribution is 5.85. The Kier molecular flexibility index (Phi) is 13.5. The molecule has 0 aliphatic heterocycles. The second-order valence-corrected chi connectivity index (χ2v) is 18.5. The summed E-state index contributed by atoms with van der Waals surface area (Å²) in [6.07, 6.45) is 1.88. The number of hydrogen-bond acceptors (Lipinski definition) is 2. The maximum atomic E-state index is 2.56. The maximum absolute atomic E-state index is 2.56. The van der Waals surface area contributed by atoms with Gasteiger partial charge in [0.15, 0.2) is 0 Å². The number of hydrogen-bond donors (Lipinski definition) is 0. The summed E-state index contributed by atoms with van der Waals surface area (Å²) in [5.41, 5.74) is 24.2. The zero-order valence-electron chi connectivity index (χ0n) is 41.9. The van der Waals surface area contributed by atoms with Crippen molar-refractivity contribution in [3.8, 4) is 67.0 Å². The van der Waals surface area contributed by atoms with Gasteiger partial charge in [0, 0.05) is 40.7 Å². The molecule has 0 unspecified atom stereocenters. The Bertz CT molecular complexity index is 3120. The monoisotopic (exact) mass is 941 g/mol. The molecule has 0 radical (unpaired) electrons. The molecule has 3 heteroatoms. The number of benzene rings is 10. The summed E-state index contributed by atoms with van der Waals surface area (Å²) >= 11 is 0. The van der Waals surface area contributed by atoms with Gasteiger partial charge in [0.1, 0.15) is 0 Å². The van der Waals surface area contributed by atoms with Crippen LogP contribution in [0.2, 0.25) is 0 Å². The Hall–Kier alpha value is -8.92. The van der Waals surface area contributed by atoms with Gasteiger partial charge >= 0.3 is 0 Å². The predicted octanol–water partition coefficient (Wildman–Crippen LogP) is 19.6. The highest BCUT2D eigenvalue weighted by atomic mass is 15.1. The molecule has 3 nitrogen and oxygen atoms in total. The average Bonchev–Trinajstić information content (AvgIpc) is 3.81. The van der Waals surface area contributed by atoms with Crippen molar-refractivity contribution in [2.24, 2.45) is 0 Å². The van der Waals surface area contributed by atoms with E-state index in [9.17, 15) is 0 Å². The fourth-order valence-corrected chi connectivity index (χ4v) is 10.6. The molecule has 0 aliphatic carbocycles. The number of nitrogens with zero attached hydrogens (tertiary/aromatic N) is 3. The molecule has 1 heterocycles. The lowest BCUT2D eigenvalue weighted by Crippen LogP contribution is -2.10. The zero-order valence-corrected chi connectivity index (χ0v) is 41.9. The molecule has 0 fully saturated rings. The Morgan fingerprint density at radius 2 is 0.425 bits per heavy atom. The number of aromatic nitrogens is 1. The average molecular weight is 942 g/mol. The van der Waals surface area contributed by atoms with Crippen LogP contribution >= 0.6 is 0 Å². The molecule has 354 valence electrons. The van der Waals surface area contributed by atoms with Crippen LogP contribution in [0, 0.1) is 0 Å².